The third-order valence-corrected chi connectivity index (χ3v) is 3.52. The maximum atomic E-state index is 11.9. The lowest BCUT2D eigenvalue weighted by atomic mass is 10.2. The van der Waals surface area contributed by atoms with Crippen LogP contribution in [0.5, 0.6) is 0 Å². The first-order valence-electron chi connectivity index (χ1n) is 7.55. The van der Waals surface area contributed by atoms with Crippen LogP contribution in [0.4, 0.5) is 4.79 Å². The Morgan fingerprint density at radius 2 is 2.05 bits per heavy atom. The van der Waals surface area contributed by atoms with Gasteiger partial charge in [0, 0.05) is 6.54 Å². The summed E-state index contributed by atoms with van der Waals surface area (Å²) in [5.41, 5.74) is 5.24. The summed E-state index contributed by atoms with van der Waals surface area (Å²) < 4.78 is 4.96. The van der Waals surface area contributed by atoms with Crippen LogP contribution in [-0.2, 0) is 14.3 Å². The standard InChI is InChI=1S/C14H25N3O4/c1-2-3-4-5-9-21-14(20)16-10-12(18)17-8-6-7-11(17)13(15)19/h11H,2-10H2,1H3,(H2,15,19)(H,16,20)/t11-/m0/s1. The van der Waals surface area contributed by atoms with Gasteiger partial charge in [0.15, 0.2) is 0 Å². The lowest BCUT2D eigenvalue weighted by Crippen LogP contribution is -2.47. The number of nitrogens with two attached hydrogens (primary N) is 1. The number of nitrogens with one attached hydrogen (secondary N) is 1. The van der Waals surface area contributed by atoms with Crippen molar-refractivity contribution >= 4 is 17.9 Å². The number of ether oxygens (including phenoxy) is 1. The maximum absolute atomic E-state index is 11.9. The molecule has 1 saturated heterocycles. The Morgan fingerprint density at radius 3 is 2.71 bits per heavy atom. The topological polar surface area (TPSA) is 102 Å². The second kappa shape index (κ2) is 9.20. The van der Waals surface area contributed by atoms with Gasteiger partial charge >= 0.3 is 6.09 Å². The molecule has 21 heavy (non-hydrogen) atoms. The molecule has 1 atom stereocenters. The van der Waals surface area contributed by atoms with Crippen LogP contribution in [0.1, 0.15) is 45.4 Å². The molecule has 0 saturated carbocycles. The van der Waals surface area contributed by atoms with Gasteiger partial charge in [0.25, 0.3) is 0 Å². The van der Waals surface area contributed by atoms with Gasteiger partial charge in [-0.2, -0.15) is 0 Å². The Labute approximate surface area is 125 Å². The van der Waals surface area contributed by atoms with E-state index in [0.29, 0.717) is 19.6 Å². The van der Waals surface area contributed by atoms with E-state index in [1.54, 1.807) is 0 Å². The van der Waals surface area contributed by atoms with E-state index in [1.165, 1.54) is 4.90 Å². The molecule has 1 aliphatic rings. The molecule has 0 bridgehead atoms. The lowest BCUT2D eigenvalue weighted by Gasteiger charge is -2.22. The van der Waals surface area contributed by atoms with E-state index in [4.69, 9.17) is 10.5 Å². The van der Waals surface area contributed by atoms with Crippen LogP contribution in [0, 0.1) is 0 Å². The minimum atomic E-state index is -0.602. The van der Waals surface area contributed by atoms with Crippen LogP contribution in [0.15, 0.2) is 0 Å². The van der Waals surface area contributed by atoms with E-state index in [0.717, 1.165) is 32.1 Å². The fourth-order valence-corrected chi connectivity index (χ4v) is 2.36. The normalized spacial score (nSPS) is 17.6. The van der Waals surface area contributed by atoms with Crippen LogP contribution in [-0.4, -0.2) is 48.5 Å². The van der Waals surface area contributed by atoms with Gasteiger partial charge in [-0.05, 0) is 19.3 Å². The van der Waals surface area contributed by atoms with E-state index in [-0.39, 0.29) is 12.5 Å². The number of hydrogen-bond donors (Lipinski definition) is 2. The monoisotopic (exact) mass is 299 g/mol. The predicted molar refractivity (Wildman–Crippen MR) is 77.4 cm³/mol. The van der Waals surface area contributed by atoms with Crippen LogP contribution in [0.25, 0.3) is 0 Å². The highest BCUT2D eigenvalue weighted by molar-refractivity contribution is 5.89. The van der Waals surface area contributed by atoms with Gasteiger partial charge in [-0.25, -0.2) is 4.79 Å². The second-order valence-corrected chi connectivity index (χ2v) is 5.20. The molecule has 0 aromatic carbocycles. The summed E-state index contributed by atoms with van der Waals surface area (Å²) in [6.45, 7) is 2.79. The summed E-state index contributed by atoms with van der Waals surface area (Å²) in [6, 6.07) is -0.552. The number of carbonyl (C=O) groups is 3. The highest BCUT2D eigenvalue weighted by atomic mass is 16.5. The molecule has 0 radical (unpaired) electrons. The number of hydrogen-bond acceptors (Lipinski definition) is 4. The van der Waals surface area contributed by atoms with Crippen LogP contribution >= 0.6 is 0 Å². The SMILES string of the molecule is CCCCCCOC(=O)NCC(=O)N1CCC[C@H]1C(N)=O. The number of likely N-dealkylation sites (tertiary alicyclic amines) is 1. The minimum Gasteiger partial charge on any atom is -0.450 e. The van der Waals surface area contributed by atoms with Crippen molar-refractivity contribution in [3.8, 4) is 0 Å². The average molecular weight is 299 g/mol. The van der Waals surface area contributed by atoms with Gasteiger partial charge in [-0.3, -0.25) is 9.59 Å². The number of carbonyl (C=O) groups excluding carboxylic acids is 3. The number of alkyl carbamates (subject to hydrolysis) is 1. The molecular formula is C14H25N3O4. The molecule has 3 amide bonds. The van der Waals surface area contributed by atoms with Crippen molar-refractivity contribution in [1.82, 2.24) is 10.2 Å². The molecule has 1 heterocycles. The summed E-state index contributed by atoms with van der Waals surface area (Å²) in [5.74, 6) is -0.807. The molecule has 7 nitrogen and oxygen atoms in total. The summed E-state index contributed by atoms with van der Waals surface area (Å²) in [4.78, 5) is 36.0. The molecule has 0 unspecified atom stereocenters. The Morgan fingerprint density at radius 1 is 1.29 bits per heavy atom. The second-order valence-electron chi connectivity index (χ2n) is 5.20. The van der Waals surface area contributed by atoms with E-state index in [1.807, 2.05) is 0 Å². The third kappa shape index (κ3) is 6.01. The first-order chi connectivity index (χ1) is 10.1. The van der Waals surface area contributed by atoms with E-state index in [2.05, 4.69) is 12.2 Å². The summed E-state index contributed by atoms with van der Waals surface area (Å²) >= 11 is 0. The predicted octanol–water partition coefficient (Wildman–Crippen LogP) is 0.769. The summed E-state index contributed by atoms with van der Waals surface area (Å²) in [7, 11) is 0. The number of unbranched alkanes of at least 4 members (excludes halogenated alkanes) is 3. The Hall–Kier alpha value is -1.79. The fraction of sp³-hybridized carbons (Fsp3) is 0.786. The molecule has 120 valence electrons. The van der Waals surface area contributed by atoms with E-state index < -0.39 is 18.0 Å². The number of nitrogens with zero attached hydrogens (tertiary/aromatic N) is 1. The average Bonchev–Trinajstić information content (AvgIpc) is 2.94. The fourth-order valence-electron chi connectivity index (χ4n) is 2.36. The zero-order chi connectivity index (χ0) is 15.7. The third-order valence-electron chi connectivity index (χ3n) is 3.52. The van der Waals surface area contributed by atoms with Crippen molar-refractivity contribution in [2.24, 2.45) is 5.73 Å². The number of rotatable bonds is 8. The van der Waals surface area contributed by atoms with E-state index >= 15 is 0 Å². The molecule has 0 spiro atoms. The van der Waals surface area contributed by atoms with Gasteiger partial charge in [-0.1, -0.05) is 26.2 Å². The van der Waals surface area contributed by atoms with Crippen LogP contribution < -0.4 is 11.1 Å². The molecule has 1 aliphatic heterocycles. The molecule has 3 N–H and O–H groups in total. The van der Waals surface area contributed by atoms with Gasteiger partial charge in [-0.15, -0.1) is 0 Å². The van der Waals surface area contributed by atoms with Gasteiger partial charge in [0.2, 0.25) is 11.8 Å². The molecular weight excluding hydrogens is 274 g/mol. The molecule has 0 aromatic rings. The zero-order valence-corrected chi connectivity index (χ0v) is 12.6. The van der Waals surface area contributed by atoms with E-state index in [9.17, 15) is 14.4 Å². The first kappa shape index (κ1) is 17.3. The van der Waals surface area contributed by atoms with Crippen molar-refractivity contribution in [1.29, 1.82) is 0 Å². The Bertz CT molecular complexity index is 373. The zero-order valence-electron chi connectivity index (χ0n) is 12.6. The van der Waals surface area contributed by atoms with Gasteiger partial charge < -0.3 is 20.7 Å². The summed E-state index contributed by atoms with van der Waals surface area (Å²) in [6.07, 6.45) is 4.82. The Balaban J connectivity index is 2.20. The highest BCUT2D eigenvalue weighted by Gasteiger charge is 2.32. The quantitative estimate of drug-likeness (QED) is 0.646. The minimum absolute atomic E-state index is 0.169. The Kier molecular flexibility index (Phi) is 7.56. The smallest absolute Gasteiger partial charge is 0.407 e. The van der Waals surface area contributed by atoms with Crippen LogP contribution in [0.2, 0.25) is 0 Å². The van der Waals surface area contributed by atoms with Gasteiger partial charge in [0.1, 0.15) is 12.6 Å². The van der Waals surface area contributed by atoms with Crippen molar-refractivity contribution in [2.75, 3.05) is 19.7 Å². The van der Waals surface area contributed by atoms with Crippen molar-refractivity contribution in [3.63, 3.8) is 0 Å². The molecule has 0 aromatic heterocycles. The molecule has 0 aliphatic carbocycles. The molecule has 1 rings (SSSR count). The highest BCUT2D eigenvalue weighted by Crippen LogP contribution is 2.16. The number of primary amides is 1. The van der Waals surface area contributed by atoms with Crippen molar-refractivity contribution in [2.45, 2.75) is 51.5 Å². The molecule has 7 heteroatoms. The van der Waals surface area contributed by atoms with Gasteiger partial charge in [0.05, 0.1) is 6.61 Å². The molecule has 1 fully saturated rings. The maximum Gasteiger partial charge on any atom is 0.407 e. The van der Waals surface area contributed by atoms with Crippen LogP contribution in [0.3, 0.4) is 0 Å². The van der Waals surface area contributed by atoms with Crippen molar-refractivity contribution < 1.29 is 19.1 Å². The lowest BCUT2D eigenvalue weighted by molar-refractivity contribution is -0.136. The number of amides is 3. The largest absolute Gasteiger partial charge is 0.450 e. The van der Waals surface area contributed by atoms with Crippen molar-refractivity contribution in [3.05, 3.63) is 0 Å². The first-order valence-corrected chi connectivity index (χ1v) is 7.55. The summed E-state index contributed by atoms with van der Waals surface area (Å²) in [5, 5.41) is 2.41.